The highest BCUT2D eigenvalue weighted by molar-refractivity contribution is 6.30. The predicted molar refractivity (Wildman–Crippen MR) is 119 cm³/mol. The van der Waals surface area contributed by atoms with Gasteiger partial charge in [-0.15, -0.1) is 0 Å². The second-order valence-electron chi connectivity index (χ2n) is 8.00. The van der Waals surface area contributed by atoms with E-state index in [9.17, 15) is 9.59 Å². The maximum Gasteiger partial charge on any atom is 0.253 e. The van der Waals surface area contributed by atoms with Gasteiger partial charge in [0.05, 0.1) is 12.5 Å². The van der Waals surface area contributed by atoms with Crippen LogP contribution in [0.25, 0.3) is 0 Å². The first-order valence-corrected chi connectivity index (χ1v) is 11.1. The van der Waals surface area contributed by atoms with Gasteiger partial charge in [-0.05, 0) is 74.2 Å². The Bertz CT molecular complexity index is 939. The van der Waals surface area contributed by atoms with Crippen molar-refractivity contribution in [2.75, 3.05) is 26.3 Å². The Morgan fingerprint density at radius 2 is 1.90 bits per heavy atom. The fourth-order valence-corrected chi connectivity index (χ4v) is 4.32. The summed E-state index contributed by atoms with van der Waals surface area (Å²) < 4.78 is 11.2. The van der Waals surface area contributed by atoms with Gasteiger partial charge in [-0.3, -0.25) is 9.59 Å². The van der Waals surface area contributed by atoms with E-state index in [-0.39, 0.29) is 23.8 Å². The smallest absolute Gasteiger partial charge is 0.253 e. The molecule has 7 heteroatoms. The number of likely N-dealkylation sites (tertiary alicyclic amines) is 1. The van der Waals surface area contributed by atoms with Gasteiger partial charge in [-0.2, -0.15) is 0 Å². The van der Waals surface area contributed by atoms with Gasteiger partial charge < -0.3 is 19.7 Å². The number of nitrogens with zero attached hydrogens (tertiary/aromatic N) is 1. The number of hydrogen-bond donors (Lipinski definition) is 1. The van der Waals surface area contributed by atoms with Gasteiger partial charge in [0.25, 0.3) is 5.91 Å². The summed E-state index contributed by atoms with van der Waals surface area (Å²) in [7, 11) is 0. The van der Waals surface area contributed by atoms with E-state index in [0.29, 0.717) is 43.3 Å². The molecule has 0 radical (unpaired) electrons. The normalized spacial score (nSPS) is 18.6. The number of carbonyl (C=O) groups excluding carboxylic acids is 2. The van der Waals surface area contributed by atoms with Crippen LogP contribution in [0.4, 0.5) is 0 Å². The first-order valence-electron chi connectivity index (χ1n) is 10.8. The van der Waals surface area contributed by atoms with Crippen molar-refractivity contribution in [2.45, 2.75) is 32.2 Å². The van der Waals surface area contributed by atoms with Gasteiger partial charge in [0, 0.05) is 29.7 Å². The molecule has 1 saturated heterocycles. The Labute approximate surface area is 187 Å². The highest BCUT2D eigenvalue weighted by Crippen LogP contribution is 2.30. The van der Waals surface area contributed by atoms with Crippen LogP contribution in [0.5, 0.6) is 11.5 Å². The molecule has 2 aromatic rings. The summed E-state index contributed by atoms with van der Waals surface area (Å²) in [4.78, 5) is 27.4. The van der Waals surface area contributed by atoms with Crippen molar-refractivity contribution in [3.8, 4) is 11.5 Å². The van der Waals surface area contributed by atoms with Crippen molar-refractivity contribution in [1.82, 2.24) is 10.2 Å². The molecule has 2 aliphatic heterocycles. The minimum atomic E-state index is -0.227. The number of benzene rings is 2. The number of hydrogen-bond acceptors (Lipinski definition) is 4. The number of halogens is 1. The molecule has 2 heterocycles. The highest BCUT2D eigenvalue weighted by Gasteiger charge is 2.30. The van der Waals surface area contributed by atoms with Crippen molar-refractivity contribution in [2.24, 2.45) is 5.92 Å². The number of carbonyl (C=O) groups is 2. The van der Waals surface area contributed by atoms with Crippen molar-refractivity contribution < 1.29 is 19.1 Å². The molecular weight excluding hydrogens is 416 g/mol. The van der Waals surface area contributed by atoms with Gasteiger partial charge in [-0.25, -0.2) is 0 Å². The molecule has 2 aromatic carbocycles. The van der Waals surface area contributed by atoms with Crippen molar-refractivity contribution in [3.63, 3.8) is 0 Å². The molecular formula is C24H27ClN2O4. The standard InChI is InChI=1S/C24H27ClN2O4/c1-2-30-21-6-3-16(4-7-21)24(29)27-11-9-20(10-12-27)26-23(28)18-13-17-14-19(25)5-8-22(17)31-15-18/h3-8,14,18,20H,2,9-13,15H2,1H3,(H,26,28). The second-order valence-corrected chi connectivity index (χ2v) is 8.43. The van der Waals surface area contributed by atoms with E-state index < -0.39 is 0 Å². The molecule has 1 unspecified atom stereocenters. The van der Waals surface area contributed by atoms with E-state index in [0.717, 1.165) is 29.9 Å². The zero-order valence-corrected chi connectivity index (χ0v) is 18.4. The summed E-state index contributed by atoms with van der Waals surface area (Å²) in [5.41, 5.74) is 1.62. The van der Waals surface area contributed by atoms with Crippen LogP contribution in [0.2, 0.25) is 5.02 Å². The monoisotopic (exact) mass is 442 g/mol. The average molecular weight is 443 g/mol. The van der Waals surface area contributed by atoms with Gasteiger partial charge in [0.15, 0.2) is 0 Å². The zero-order chi connectivity index (χ0) is 21.8. The van der Waals surface area contributed by atoms with Crippen molar-refractivity contribution in [3.05, 3.63) is 58.6 Å². The van der Waals surface area contributed by atoms with E-state index in [4.69, 9.17) is 21.1 Å². The van der Waals surface area contributed by atoms with Crippen LogP contribution in [0.15, 0.2) is 42.5 Å². The molecule has 0 aromatic heterocycles. The number of amides is 2. The van der Waals surface area contributed by atoms with Gasteiger partial charge in [0.2, 0.25) is 5.91 Å². The zero-order valence-electron chi connectivity index (χ0n) is 17.6. The molecule has 0 bridgehead atoms. The minimum Gasteiger partial charge on any atom is -0.494 e. The Morgan fingerprint density at radius 1 is 1.16 bits per heavy atom. The SMILES string of the molecule is CCOc1ccc(C(=O)N2CCC(NC(=O)C3COc4ccc(Cl)cc4C3)CC2)cc1. The minimum absolute atomic E-state index is 0.00177. The van der Waals surface area contributed by atoms with Crippen LogP contribution in [0.3, 0.4) is 0 Å². The molecule has 1 atom stereocenters. The maximum absolute atomic E-state index is 12.8. The third-order valence-corrected chi connectivity index (χ3v) is 6.08. The number of ether oxygens (including phenoxy) is 2. The largest absolute Gasteiger partial charge is 0.494 e. The first-order chi connectivity index (χ1) is 15.0. The summed E-state index contributed by atoms with van der Waals surface area (Å²) in [5.74, 6) is 1.35. The lowest BCUT2D eigenvalue weighted by Crippen LogP contribution is -2.49. The molecule has 0 aliphatic carbocycles. The molecule has 2 amide bonds. The van der Waals surface area contributed by atoms with Gasteiger partial charge in [0.1, 0.15) is 18.1 Å². The first kappa shape index (κ1) is 21.5. The van der Waals surface area contributed by atoms with Gasteiger partial charge in [-0.1, -0.05) is 11.6 Å². The molecule has 0 spiro atoms. The van der Waals surface area contributed by atoms with Crippen molar-refractivity contribution in [1.29, 1.82) is 0 Å². The van der Waals surface area contributed by atoms with E-state index in [1.54, 1.807) is 18.2 Å². The second kappa shape index (κ2) is 9.60. The summed E-state index contributed by atoms with van der Waals surface area (Å²) in [6.45, 7) is 4.14. The van der Waals surface area contributed by atoms with E-state index in [1.807, 2.05) is 36.1 Å². The molecule has 1 fully saturated rings. The van der Waals surface area contributed by atoms with Crippen LogP contribution in [-0.4, -0.2) is 49.1 Å². The third-order valence-electron chi connectivity index (χ3n) is 5.84. The third kappa shape index (κ3) is 5.13. The Hall–Kier alpha value is -2.73. The molecule has 31 heavy (non-hydrogen) atoms. The van der Waals surface area contributed by atoms with E-state index in [1.165, 1.54) is 0 Å². The Morgan fingerprint density at radius 3 is 2.61 bits per heavy atom. The average Bonchev–Trinajstić information content (AvgIpc) is 2.79. The maximum atomic E-state index is 12.8. The summed E-state index contributed by atoms with van der Waals surface area (Å²) in [6, 6.07) is 12.8. The lowest BCUT2D eigenvalue weighted by atomic mass is 9.95. The molecule has 164 valence electrons. The highest BCUT2D eigenvalue weighted by atomic mass is 35.5. The molecule has 1 N–H and O–H groups in total. The fraction of sp³-hybridized carbons (Fsp3) is 0.417. The molecule has 6 nitrogen and oxygen atoms in total. The lowest BCUT2D eigenvalue weighted by Gasteiger charge is -2.33. The Balaban J connectivity index is 1.27. The van der Waals surface area contributed by atoms with Crippen LogP contribution < -0.4 is 14.8 Å². The Kier molecular flexibility index (Phi) is 6.66. The lowest BCUT2D eigenvalue weighted by molar-refractivity contribution is -0.127. The molecule has 0 saturated carbocycles. The van der Waals surface area contributed by atoms with Crippen molar-refractivity contribution >= 4 is 23.4 Å². The van der Waals surface area contributed by atoms with Crippen LogP contribution >= 0.6 is 11.6 Å². The summed E-state index contributed by atoms with van der Waals surface area (Å²) in [5, 5.41) is 3.79. The van der Waals surface area contributed by atoms with Crippen LogP contribution in [0, 0.1) is 5.92 Å². The summed E-state index contributed by atoms with van der Waals surface area (Å²) >= 11 is 6.07. The molecule has 4 rings (SSSR count). The number of nitrogens with one attached hydrogen (secondary N) is 1. The molecule has 2 aliphatic rings. The number of rotatable bonds is 5. The van der Waals surface area contributed by atoms with Gasteiger partial charge >= 0.3 is 0 Å². The van der Waals surface area contributed by atoms with Crippen LogP contribution in [-0.2, 0) is 11.2 Å². The quantitative estimate of drug-likeness (QED) is 0.766. The fourth-order valence-electron chi connectivity index (χ4n) is 4.12. The number of piperidine rings is 1. The van der Waals surface area contributed by atoms with Crippen LogP contribution in [0.1, 0.15) is 35.7 Å². The summed E-state index contributed by atoms with van der Waals surface area (Å²) in [6.07, 6.45) is 2.10. The van der Waals surface area contributed by atoms with E-state index in [2.05, 4.69) is 5.32 Å². The van der Waals surface area contributed by atoms with E-state index >= 15 is 0 Å². The number of fused-ring (bicyclic) bond motifs is 1. The topological polar surface area (TPSA) is 67.9 Å². The predicted octanol–water partition coefficient (Wildman–Crippen LogP) is 3.71.